The Labute approximate surface area is 648 Å². The van der Waals surface area contributed by atoms with E-state index in [0.717, 1.165) is 11.1 Å². The van der Waals surface area contributed by atoms with E-state index in [-0.39, 0.29) is 22.6 Å². The van der Waals surface area contributed by atoms with E-state index in [1.807, 2.05) is 38.1 Å². The number of hydrogen-bond donors (Lipinski definition) is 6. The van der Waals surface area contributed by atoms with Crippen molar-refractivity contribution in [1.29, 1.82) is 0 Å². The van der Waals surface area contributed by atoms with Crippen molar-refractivity contribution < 1.29 is 101 Å². The zero-order chi connectivity index (χ0) is 82.0. The number of amides is 2. The van der Waals surface area contributed by atoms with Gasteiger partial charge in [0.1, 0.15) is 69.5 Å². The minimum atomic E-state index is -4.38. The predicted molar refractivity (Wildman–Crippen MR) is 408 cm³/mol. The third-order valence-corrected chi connectivity index (χ3v) is 20.9. The molecule has 4 aromatic heterocycles. The fourth-order valence-electron chi connectivity index (χ4n) is 12.8. The summed E-state index contributed by atoms with van der Waals surface area (Å²) in [6.07, 6.45) is 5.08. The first-order valence-corrected chi connectivity index (χ1v) is 37.5. The highest BCUT2D eigenvalue weighted by molar-refractivity contribution is 7.93. The smallest absolute Gasteiger partial charge is 0.326 e. The van der Waals surface area contributed by atoms with Gasteiger partial charge in [-0.3, -0.25) is 28.4 Å². The first-order valence-electron chi connectivity index (χ1n) is 34.6. The van der Waals surface area contributed by atoms with Gasteiger partial charge in [-0.05, 0) is 143 Å². The highest BCUT2D eigenvalue weighted by Crippen LogP contribution is 2.46. The number of nitrogens with zero attached hydrogens (tertiary/aromatic N) is 6. The van der Waals surface area contributed by atoms with Gasteiger partial charge in [0.05, 0.1) is 97.4 Å². The van der Waals surface area contributed by atoms with Crippen LogP contribution >= 0.6 is 0 Å². The third-order valence-electron chi connectivity index (χ3n) is 18.1. The van der Waals surface area contributed by atoms with E-state index in [1.54, 1.807) is 50.8 Å². The average Bonchev–Trinajstić information content (AvgIpc) is 1.54. The molecular weight excluding hydrogens is 1540 g/mol. The summed E-state index contributed by atoms with van der Waals surface area (Å²) in [4.78, 5) is 57.9. The van der Waals surface area contributed by atoms with Gasteiger partial charge in [0.15, 0.2) is 0 Å². The molecule has 0 spiro atoms. The van der Waals surface area contributed by atoms with Crippen molar-refractivity contribution in [2.45, 2.75) is 61.8 Å². The van der Waals surface area contributed by atoms with Crippen molar-refractivity contribution in [2.75, 3.05) is 51.1 Å². The Morgan fingerprint density at radius 1 is 0.456 bits per heavy atom. The lowest BCUT2D eigenvalue weighted by molar-refractivity contribution is -0.140. The van der Waals surface area contributed by atoms with E-state index in [1.165, 1.54) is 123 Å². The number of ether oxygens (including phenoxy) is 6. The number of aliphatic carboxylic acids is 2. The van der Waals surface area contributed by atoms with Crippen molar-refractivity contribution >= 4 is 77.0 Å². The van der Waals surface area contributed by atoms with Crippen molar-refractivity contribution in [1.82, 2.24) is 40.2 Å². The van der Waals surface area contributed by atoms with Gasteiger partial charge < -0.3 is 49.3 Å². The normalized spacial score (nSPS) is 12.0. The van der Waals surface area contributed by atoms with Crippen molar-refractivity contribution in [2.24, 2.45) is 14.1 Å². The van der Waals surface area contributed by atoms with E-state index >= 15 is 17.6 Å². The zero-order valence-electron chi connectivity index (χ0n) is 61.9. The summed E-state index contributed by atoms with van der Waals surface area (Å²) >= 11 is 0. The summed E-state index contributed by atoms with van der Waals surface area (Å²) in [6, 6.07) is 29.1. The number of halogens is 6. The molecule has 0 aliphatic carbocycles. The molecule has 0 saturated heterocycles. The van der Waals surface area contributed by atoms with Crippen LogP contribution in [0.2, 0.25) is 0 Å². The van der Waals surface area contributed by atoms with Crippen LogP contribution in [-0.2, 0) is 79.3 Å². The lowest BCUT2D eigenvalue weighted by Crippen LogP contribution is -2.43. The van der Waals surface area contributed by atoms with E-state index < -0.39 is 114 Å². The molecule has 26 nitrogen and oxygen atoms in total. The number of carbonyl (C=O) groups is 4. The molecule has 4 heterocycles. The summed E-state index contributed by atoms with van der Waals surface area (Å²) in [5, 5.41) is 34.6. The number of methoxy groups -OCH3 is 4. The molecule has 0 saturated carbocycles. The molecule has 2 atom stereocenters. The molecular formula is C80H72F6N10O16S2. The van der Waals surface area contributed by atoms with Crippen molar-refractivity contribution in [3.05, 3.63) is 239 Å². The fourth-order valence-corrected chi connectivity index (χ4v) is 14.9. The van der Waals surface area contributed by atoms with Crippen LogP contribution < -0.4 is 39.0 Å². The molecule has 2 amide bonds. The quantitative estimate of drug-likeness (QED) is 0.0180. The summed E-state index contributed by atoms with van der Waals surface area (Å²) in [5.41, 5.74) is 4.68. The number of carboxylic acid groups (broad SMARTS) is 2. The maximum atomic E-state index is 15.4. The van der Waals surface area contributed by atoms with Gasteiger partial charge in [-0.1, -0.05) is 48.5 Å². The molecule has 0 aliphatic rings. The van der Waals surface area contributed by atoms with Gasteiger partial charge in [-0.2, -0.15) is 19.0 Å². The van der Waals surface area contributed by atoms with E-state index in [4.69, 9.17) is 28.4 Å². The summed E-state index contributed by atoms with van der Waals surface area (Å²) in [6.45, 7) is 5.46. The van der Waals surface area contributed by atoms with E-state index in [2.05, 4.69) is 40.2 Å². The molecule has 6 N–H and O–H groups in total. The maximum absolute atomic E-state index is 15.4. The number of pyridine rings is 2. The van der Waals surface area contributed by atoms with Crippen LogP contribution in [0.15, 0.2) is 180 Å². The second-order valence-electron chi connectivity index (χ2n) is 25.4. The van der Waals surface area contributed by atoms with Gasteiger partial charge in [-0.25, -0.2) is 54.0 Å². The van der Waals surface area contributed by atoms with Crippen LogP contribution in [0.3, 0.4) is 0 Å². The highest BCUT2D eigenvalue weighted by Gasteiger charge is 2.32. The number of carboxylic acids is 2. The summed E-state index contributed by atoms with van der Waals surface area (Å²) in [5.74, 6) is -11.0. The molecule has 12 rings (SSSR count). The number of aryl methyl sites for hydroxylation is 2. The Balaban J connectivity index is 0.000000225. The second kappa shape index (κ2) is 35.2. The maximum Gasteiger partial charge on any atom is 0.326 e. The number of nitrogens with one attached hydrogen (secondary N) is 4. The van der Waals surface area contributed by atoms with Crippen LogP contribution in [0, 0.1) is 35.2 Å². The molecule has 0 radical (unpaired) electrons. The molecule has 0 fully saturated rings. The zero-order valence-corrected chi connectivity index (χ0v) is 63.6. The second-order valence-corrected chi connectivity index (χ2v) is 28.8. The molecule has 0 aliphatic heterocycles. The van der Waals surface area contributed by atoms with Gasteiger partial charge in [0.2, 0.25) is 11.9 Å². The standard InChI is InChI=1S/2C40H36F3N5O8S/c2*1-5-56-21-22-14-33(54-3)36(34(15-22)55-4)28-11-8-25(38-29(28)20-45-48(38)2)16-32(40(50)51)46-39(49)37-30(41)18-26(19-31(37)42)47-57(52,53)27-9-6-23(7-10-27)24-12-13-44-35(43)17-24/h2*6-15,17-20,32,47H,5,16,21H2,1-4H3,(H,46,49)(H,50,51)/t32-;/m0./s1. The molecule has 34 heteroatoms. The summed E-state index contributed by atoms with van der Waals surface area (Å²) in [7, 11) is 0.636. The Kier molecular flexibility index (Phi) is 25.3. The number of fused-ring (bicyclic) bond motifs is 2. The molecule has 592 valence electrons. The lowest BCUT2D eigenvalue weighted by Gasteiger charge is -2.19. The lowest BCUT2D eigenvalue weighted by atomic mass is 9.94. The number of carbonyl (C=O) groups excluding carboxylic acids is 2. The minimum absolute atomic E-state index is 0.267. The average molecular weight is 1610 g/mol. The Bertz CT molecular complexity index is 5460. The van der Waals surface area contributed by atoms with Crippen LogP contribution in [0.1, 0.15) is 56.8 Å². The highest BCUT2D eigenvalue weighted by atomic mass is 32.2. The minimum Gasteiger partial charge on any atom is -0.496 e. The number of aromatic nitrogens is 6. The first kappa shape index (κ1) is 82.1. The summed E-state index contributed by atoms with van der Waals surface area (Å²) < 4.78 is 182. The SMILES string of the molecule is CCOCc1cc(OC)c(-c2ccc(CC(NC(=O)c3c(F)cc(NS(=O)(=O)c4ccc(-c5ccnc(F)c5)cc4)cc3F)C(=O)O)c3c2cnn3C)c(OC)c1.CCOCc1cc(OC)c(-c2ccc(C[C@H](NC(=O)c3c(F)cc(NS(=O)(=O)c4ccc(-c5ccnc(F)c5)cc4)cc3F)C(=O)O)c3c2cnn3C)c(OC)c1. The topological polar surface area (TPSA) is 342 Å². The largest absolute Gasteiger partial charge is 0.496 e. The van der Waals surface area contributed by atoms with Crippen LogP contribution in [-0.4, -0.2) is 134 Å². The molecule has 12 aromatic rings. The van der Waals surface area contributed by atoms with Crippen molar-refractivity contribution in [3.8, 4) is 67.5 Å². The number of benzene rings is 8. The number of sulfonamides is 2. The number of anilines is 2. The Morgan fingerprint density at radius 3 is 1.09 bits per heavy atom. The third kappa shape index (κ3) is 18.2. The number of hydrogen-bond acceptors (Lipinski definition) is 18. The van der Waals surface area contributed by atoms with Gasteiger partial charge in [-0.15, -0.1) is 0 Å². The van der Waals surface area contributed by atoms with Crippen LogP contribution in [0.5, 0.6) is 23.0 Å². The van der Waals surface area contributed by atoms with Crippen molar-refractivity contribution in [3.63, 3.8) is 0 Å². The van der Waals surface area contributed by atoms with Crippen LogP contribution in [0.4, 0.5) is 37.7 Å². The monoisotopic (exact) mass is 1610 g/mol. The predicted octanol–water partition coefficient (Wildman–Crippen LogP) is 13.0. The van der Waals surface area contributed by atoms with E-state index in [9.17, 15) is 55.0 Å². The van der Waals surface area contributed by atoms with Gasteiger partial charge >= 0.3 is 11.9 Å². The molecule has 1 unspecified atom stereocenters. The van der Waals surface area contributed by atoms with Crippen LogP contribution in [0.25, 0.3) is 66.3 Å². The molecule has 8 aromatic carbocycles. The molecule has 114 heavy (non-hydrogen) atoms. The number of rotatable bonds is 30. The van der Waals surface area contributed by atoms with Gasteiger partial charge in [0, 0.05) is 86.6 Å². The molecule has 0 bridgehead atoms. The van der Waals surface area contributed by atoms with Gasteiger partial charge in [0.25, 0.3) is 31.9 Å². The Hall–Kier alpha value is -12.9. The first-order chi connectivity index (χ1) is 54.5. The fraction of sp³-hybridized carbons (Fsp3) is 0.200. The van der Waals surface area contributed by atoms with E-state index in [0.29, 0.717) is 151 Å². The Morgan fingerprint density at radius 2 is 0.789 bits per heavy atom.